The van der Waals surface area contributed by atoms with Crippen molar-refractivity contribution in [2.24, 2.45) is 0 Å². The highest BCUT2D eigenvalue weighted by molar-refractivity contribution is 5.43. The first-order valence-electron chi connectivity index (χ1n) is 5.94. The maximum absolute atomic E-state index is 12.4. The van der Waals surface area contributed by atoms with Gasteiger partial charge < -0.3 is 10.1 Å². The van der Waals surface area contributed by atoms with Crippen LogP contribution in [0.3, 0.4) is 0 Å². The van der Waals surface area contributed by atoms with E-state index in [0.717, 1.165) is 38.1 Å². The molecular weight excluding hydrogens is 245 g/mol. The minimum Gasteiger partial charge on any atom is -0.385 e. The molecule has 1 N–H and O–H groups in total. The molecule has 1 aliphatic heterocycles. The molecule has 1 aliphatic rings. The smallest absolute Gasteiger partial charge is 0.385 e. The average molecular weight is 260 g/mol. The Morgan fingerprint density at radius 1 is 1.44 bits per heavy atom. The Balaban J connectivity index is 1.85. The minimum atomic E-state index is -4.40. The highest BCUT2D eigenvalue weighted by Crippen LogP contribution is 2.28. The van der Waals surface area contributed by atoms with Crippen LogP contribution in [0.5, 0.6) is 0 Å². The maximum Gasteiger partial charge on any atom is 0.433 e. The summed E-state index contributed by atoms with van der Waals surface area (Å²) in [6, 6.07) is 2.56. The van der Waals surface area contributed by atoms with Crippen molar-refractivity contribution in [1.29, 1.82) is 0 Å². The van der Waals surface area contributed by atoms with Gasteiger partial charge in [-0.05, 0) is 31.4 Å². The van der Waals surface area contributed by atoms with Crippen molar-refractivity contribution in [1.82, 2.24) is 4.98 Å². The SMILES string of the molecule is FC(F)(F)c1cc(NCCC2CCCO2)ccn1. The van der Waals surface area contributed by atoms with Crippen molar-refractivity contribution in [2.45, 2.75) is 31.5 Å². The third-order valence-corrected chi connectivity index (χ3v) is 2.87. The van der Waals surface area contributed by atoms with Gasteiger partial charge in [0.05, 0.1) is 6.10 Å². The summed E-state index contributed by atoms with van der Waals surface area (Å²) in [7, 11) is 0. The van der Waals surface area contributed by atoms with E-state index >= 15 is 0 Å². The number of pyridine rings is 1. The fraction of sp³-hybridized carbons (Fsp3) is 0.583. The van der Waals surface area contributed by atoms with Gasteiger partial charge in [-0.2, -0.15) is 13.2 Å². The van der Waals surface area contributed by atoms with Crippen molar-refractivity contribution >= 4 is 5.69 Å². The zero-order chi connectivity index (χ0) is 13.0. The standard InChI is InChI=1S/C12H15F3N2O/c13-12(14,15)11-8-9(3-5-17-11)16-6-4-10-2-1-7-18-10/h3,5,8,10H,1-2,4,6-7H2,(H,16,17). The molecule has 1 aromatic rings. The zero-order valence-corrected chi connectivity index (χ0v) is 9.83. The first-order chi connectivity index (χ1) is 8.55. The van der Waals surface area contributed by atoms with Crippen LogP contribution in [0.4, 0.5) is 18.9 Å². The number of hydrogen-bond acceptors (Lipinski definition) is 3. The molecule has 1 fully saturated rings. The Kier molecular flexibility index (Phi) is 4.06. The number of rotatable bonds is 4. The van der Waals surface area contributed by atoms with E-state index in [0.29, 0.717) is 12.2 Å². The Labute approximate surface area is 103 Å². The van der Waals surface area contributed by atoms with Gasteiger partial charge in [-0.3, -0.25) is 4.98 Å². The van der Waals surface area contributed by atoms with Gasteiger partial charge in [-0.25, -0.2) is 0 Å². The molecule has 1 aromatic heterocycles. The molecule has 6 heteroatoms. The highest BCUT2D eigenvalue weighted by atomic mass is 19.4. The molecule has 0 radical (unpaired) electrons. The molecule has 0 aromatic carbocycles. The summed E-state index contributed by atoms with van der Waals surface area (Å²) in [6.07, 6.45) is -0.0849. The van der Waals surface area contributed by atoms with Crippen molar-refractivity contribution in [2.75, 3.05) is 18.5 Å². The van der Waals surface area contributed by atoms with Crippen LogP contribution in [0.1, 0.15) is 25.0 Å². The quantitative estimate of drug-likeness (QED) is 0.903. The van der Waals surface area contributed by atoms with E-state index in [9.17, 15) is 13.2 Å². The monoisotopic (exact) mass is 260 g/mol. The van der Waals surface area contributed by atoms with E-state index in [4.69, 9.17) is 4.74 Å². The van der Waals surface area contributed by atoms with Crippen LogP contribution in [-0.2, 0) is 10.9 Å². The Bertz CT molecular complexity index is 389. The van der Waals surface area contributed by atoms with E-state index < -0.39 is 11.9 Å². The normalized spacial score (nSPS) is 20.1. The molecular formula is C12H15F3N2O. The fourth-order valence-electron chi connectivity index (χ4n) is 1.95. The summed E-state index contributed by atoms with van der Waals surface area (Å²) in [5, 5.41) is 2.96. The molecule has 3 nitrogen and oxygen atoms in total. The third kappa shape index (κ3) is 3.60. The predicted octanol–water partition coefficient (Wildman–Crippen LogP) is 3.08. The van der Waals surface area contributed by atoms with Crippen LogP contribution in [0.25, 0.3) is 0 Å². The van der Waals surface area contributed by atoms with Crippen LogP contribution >= 0.6 is 0 Å². The van der Waals surface area contributed by atoms with Gasteiger partial charge in [0, 0.05) is 25.0 Å². The Hall–Kier alpha value is -1.30. The summed E-state index contributed by atoms with van der Waals surface area (Å²) < 4.78 is 42.7. The van der Waals surface area contributed by atoms with Gasteiger partial charge in [0.25, 0.3) is 0 Å². The second-order valence-corrected chi connectivity index (χ2v) is 4.28. The van der Waals surface area contributed by atoms with Crippen LogP contribution in [0.15, 0.2) is 18.3 Å². The predicted molar refractivity (Wildman–Crippen MR) is 61.3 cm³/mol. The van der Waals surface area contributed by atoms with E-state index in [2.05, 4.69) is 10.3 Å². The first kappa shape index (κ1) is 13.1. The zero-order valence-electron chi connectivity index (χ0n) is 9.83. The summed E-state index contributed by atoms with van der Waals surface area (Å²) in [5.74, 6) is 0. The summed E-state index contributed by atoms with van der Waals surface area (Å²) >= 11 is 0. The molecule has 0 aliphatic carbocycles. The van der Waals surface area contributed by atoms with Gasteiger partial charge in [-0.1, -0.05) is 0 Å². The lowest BCUT2D eigenvalue weighted by molar-refractivity contribution is -0.141. The second-order valence-electron chi connectivity index (χ2n) is 4.28. The summed E-state index contributed by atoms with van der Waals surface area (Å²) in [6.45, 7) is 1.39. The second kappa shape index (κ2) is 5.56. The molecule has 0 spiro atoms. The van der Waals surface area contributed by atoms with Crippen LogP contribution in [-0.4, -0.2) is 24.2 Å². The first-order valence-corrected chi connectivity index (χ1v) is 5.94. The number of anilines is 1. The third-order valence-electron chi connectivity index (χ3n) is 2.87. The van der Waals surface area contributed by atoms with Crippen LogP contribution < -0.4 is 5.32 Å². The molecule has 18 heavy (non-hydrogen) atoms. The Morgan fingerprint density at radius 2 is 2.28 bits per heavy atom. The largest absolute Gasteiger partial charge is 0.433 e. The molecule has 100 valence electrons. The fourth-order valence-corrected chi connectivity index (χ4v) is 1.95. The van der Waals surface area contributed by atoms with Gasteiger partial charge in [-0.15, -0.1) is 0 Å². The van der Waals surface area contributed by atoms with Crippen molar-refractivity contribution in [3.63, 3.8) is 0 Å². The molecule has 2 heterocycles. The van der Waals surface area contributed by atoms with E-state index in [1.54, 1.807) is 0 Å². The van der Waals surface area contributed by atoms with Crippen molar-refractivity contribution in [3.05, 3.63) is 24.0 Å². The number of hydrogen-bond donors (Lipinski definition) is 1. The number of nitrogens with zero attached hydrogens (tertiary/aromatic N) is 1. The van der Waals surface area contributed by atoms with E-state index in [1.165, 1.54) is 6.07 Å². The van der Waals surface area contributed by atoms with Gasteiger partial charge in [0.2, 0.25) is 0 Å². The van der Waals surface area contributed by atoms with Gasteiger partial charge in [0.1, 0.15) is 5.69 Å². The molecule has 2 rings (SSSR count). The number of aromatic nitrogens is 1. The van der Waals surface area contributed by atoms with E-state index in [1.807, 2.05) is 0 Å². The number of ether oxygens (including phenoxy) is 1. The molecule has 0 amide bonds. The lowest BCUT2D eigenvalue weighted by Crippen LogP contribution is -2.13. The van der Waals surface area contributed by atoms with Crippen LogP contribution in [0.2, 0.25) is 0 Å². The Morgan fingerprint density at radius 3 is 2.94 bits per heavy atom. The van der Waals surface area contributed by atoms with Gasteiger partial charge >= 0.3 is 6.18 Å². The maximum atomic E-state index is 12.4. The molecule has 1 unspecified atom stereocenters. The van der Waals surface area contributed by atoms with Crippen LogP contribution in [0, 0.1) is 0 Å². The topological polar surface area (TPSA) is 34.1 Å². The molecule has 1 atom stereocenters. The minimum absolute atomic E-state index is 0.237. The molecule has 1 saturated heterocycles. The van der Waals surface area contributed by atoms with Gasteiger partial charge in [0.15, 0.2) is 0 Å². The summed E-state index contributed by atoms with van der Waals surface area (Å²) in [5.41, 5.74) is -0.431. The molecule has 0 saturated carbocycles. The number of halogens is 3. The highest BCUT2D eigenvalue weighted by Gasteiger charge is 2.32. The van der Waals surface area contributed by atoms with Crippen molar-refractivity contribution < 1.29 is 17.9 Å². The van der Waals surface area contributed by atoms with Crippen molar-refractivity contribution in [3.8, 4) is 0 Å². The summed E-state index contributed by atoms with van der Waals surface area (Å²) in [4.78, 5) is 3.31. The number of alkyl halides is 3. The number of nitrogens with one attached hydrogen (secondary N) is 1. The average Bonchev–Trinajstić information content (AvgIpc) is 2.81. The lowest BCUT2D eigenvalue weighted by atomic mass is 10.2. The lowest BCUT2D eigenvalue weighted by Gasteiger charge is -2.12. The van der Waals surface area contributed by atoms with E-state index in [-0.39, 0.29) is 6.10 Å². The molecule has 0 bridgehead atoms.